The van der Waals surface area contributed by atoms with Gasteiger partial charge in [-0.3, -0.25) is 13.9 Å². The number of methoxy groups -OCH3 is 1. The predicted molar refractivity (Wildman–Crippen MR) is 149 cm³/mol. The number of hydrogen-bond donors (Lipinski definition) is 1. The van der Waals surface area contributed by atoms with Crippen molar-refractivity contribution < 1.29 is 22.7 Å². The van der Waals surface area contributed by atoms with Crippen LogP contribution in [0.15, 0.2) is 83.8 Å². The van der Waals surface area contributed by atoms with E-state index in [2.05, 4.69) is 5.32 Å². The minimum absolute atomic E-state index is 0.00180. The maximum atomic E-state index is 13.8. The molecule has 1 atom stereocenters. The summed E-state index contributed by atoms with van der Waals surface area (Å²) in [7, 11) is -2.65. The van der Waals surface area contributed by atoms with Gasteiger partial charge in [-0.05, 0) is 74.9 Å². The van der Waals surface area contributed by atoms with Crippen LogP contribution in [0.25, 0.3) is 0 Å². The molecule has 0 aliphatic heterocycles. The first-order valence-electron chi connectivity index (χ1n) is 12.1. The molecule has 3 aromatic rings. The van der Waals surface area contributed by atoms with Crippen molar-refractivity contribution >= 4 is 39.1 Å². The summed E-state index contributed by atoms with van der Waals surface area (Å²) in [5.41, 5.74) is 1.03. The first-order valence-corrected chi connectivity index (χ1v) is 13.9. The highest BCUT2D eigenvalue weighted by Gasteiger charge is 2.32. The van der Waals surface area contributed by atoms with Gasteiger partial charge in [0.25, 0.3) is 10.0 Å². The third-order valence-electron chi connectivity index (χ3n) is 5.81. The number of sulfonamides is 1. The molecule has 0 bridgehead atoms. The number of para-hydroxylation sites is 1. The van der Waals surface area contributed by atoms with Crippen LogP contribution in [0.5, 0.6) is 5.75 Å². The van der Waals surface area contributed by atoms with E-state index in [9.17, 15) is 18.0 Å². The Morgan fingerprint density at radius 3 is 2.18 bits per heavy atom. The second-order valence-corrected chi connectivity index (χ2v) is 11.3. The fourth-order valence-electron chi connectivity index (χ4n) is 3.82. The van der Waals surface area contributed by atoms with Gasteiger partial charge >= 0.3 is 0 Å². The number of ether oxygens (including phenoxy) is 1. The third-order valence-corrected chi connectivity index (χ3v) is 7.83. The van der Waals surface area contributed by atoms with Crippen molar-refractivity contribution in [3.63, 3.8) is 0 Å². The Morgan fingerprint density at radius 1 is 0.947 bits per heavy atom. The van der Waals surface area contributed by atoms with E-state index in [4.69, 9.17) is 16.3 Å². The van der Waals surface area contributed by atoms with E-state index < -0.39 is 28.5 Å². The van der Waals surface area contributed by atoms with E-state index in [-0.39, 0.29) is 23.4 Å². The Labute approximate surface area is 229 Å². The molecule has 0 saturated heterocycles. The minimum Gasteiger partial charge on any atom is -0.497 e. The van der Waals surface area contributed by atoms with Gasteiger partial charge in [-0.15, -0.1) is 0 Å². The fourth-order valence-corrected chi connectivity index (χ4v) is 5.44. The molecular weight excluding hydrogens is 526 g/mol. The fraction of sp³-hybridized carbons (Fsp3) is 0.286. The number of rotatable bonds is 11. The van der Waals surface area contributed by atoms with Crippen molar-refractivity contribution in [2.75, 3.05) is 18.0 Å². The standard InChI is InChI=1S/C28H32ClN3O5S/c1-20(2)30-28(34)21(3)31(18-22-9-8-10-23(29)17-22)27(33)19-32(24-11-6-5-7-12-24)38(35,36)26-15-13-25(37-4)14-16-26/h5-17,20-21H,18-19H2,1-4H3,(H,30,34). The maximum Gasteiger partial charge on any atom is 0.264 e. The topological polar surface area (TPSA) is 96.0 Å². The van der Waals surface area contributed by atoms with Crippen molar-refractivity contribution in [3.8, 4) is 5.75 Å². The van der Waals surface area contributed by atoms with Gasteiger partial charge in [0.05, 0.1) is 17.7 Å². The molecule has 0 spiro atoms. The van der Waals surface area contributed by atoms with Gasteiger partial charge in [0, 0.05) is 17.6 Å². The molecule has 38 heavy (non-hydrogen) atoms. The average molecular weight is 558 g/mol. The molecule has 0 aliphatic carbocycles. The lowest BCUT2D eigenvalue weighted by Gasteiger charge is -2.32. The van der Waals surface area contributed by atoms with Gasteiger partial charge in [0.15, 0.2) is 0 Å². The average Bonchev–Trinajstić information content (AvgIpc) is 2.90. The zero-order valence-corrected chi connectivity index (χ0v) is 23.4. The molecule has 3 aromatic carbocycles. The molecule has 0 aromatic heterocycles. The van der Waals surface area contributed by atoms with Crippen LogP contribution < -0.4 is 14.4 Å². The van der Waals surface area contributed by atoms with Crippen LogP contribution in [0.2, 0.25) is 5.02 Å². The smallest absolute Gasteiger partial charge is 0.264 e. The summed E-state index contributed by atoms with van der Waals surface area (Å²) < 4.78 is 33.7. The van der Waals surface area contributed by atoms with E-state index in [0.717, 1.165) is 4.31 Å². The predicted octanol–water partition coefficient (Wildman–Crippen LogP) is 4.49. The molecule has 0 heterocycles. The second kappa shape index (κ2) is 12.8. The van der Waals surface area contributed by atoms with Crippen molar-refractivity contribution in [1.29, 1.82) is 0 Å². The monoisotopic (exact) mass is 557 g/mol. The van der Waals surface area contributed by atoms with Crippen molar-refractivity contribution in [3.05, 3.63) is 89.4 Å². The van der Waals surface area contributed by atoms with E-state index in [1.165, 1.54) is 24.1 Å². The quantitative estimate of drug-likeness (QED) is 0.375. The van der Waals surface area contributed by atoms with Crippen LogP contribution in [0.4, 0.5) is 5.69 Å². The number of anilines is 1. The Hall–Kier alpha value is -3.56. The highest BCUT2D eigenvalue weighted by atomic mass is 35.5. The summed E-state index contributed by atoms with van der Waals surface area (Å²) in [6, 6.07) is 20.3. The number of benzene rings is 3. The third kappa shape index (κ3) is 7.26. The number of carbonyl (C=O) groups excluding carboxylic acids is 2. The SMILES string of the molecule is COc1ccc(S(=O)(=O)N(CC(=O)N(Cc2cccc(Cl)c2)C(C)C(=O)NC(C)C)c2ccccc2)cc1. The number of nitrogens with zero attached hydrogens (tertiary/aromatic N) is 2. The summed E-state index contributed by atoms with van der Waals surface area (Å²) in [4.78, 5) is 28.1. The molecule has 10 heteroatoms. The van der Waals surface area contributed by atoms with Crippen molar-refractivity contribution in [2.45, 2.75) is 44.3 Å². The van der Waals surface area contributed by atoms with Crippen LogP contribution in [0.1, 0.15) is 26.3 Å². The number of nitrogens with one attached hydrogen (secondary N) is 1. The van der Waals surface area contributed by atoms with E-state index in [0.29, 0.717) is 22.0 Å². The van der Waals surface area contributed by atoms with Gasteiger partial charge in [-0.2, -0.15) is 0 Å². The second-order valence-electron chi connectivity index (χ2n) is 9.01. The molecule has 0 saturated carbocycles. The van der Waals surface area contributed by atoms with Gasteiger partial charge in [-0.1, -0.05) is 41.9 Å². The van der Waals surface area contributed by atoms with E-state index in [1.807, 2.05) is 13.8 Å². The zero-order valence-electron chi connectivity index (χ0n) is 21.8. The van der Waals surface area contributed by atoms with E-state index in [1.54, 1.807) is 73.7 Å². The first kappa shape index (κ1) is 29.0. The Bertz CT molecular complexity index is 1350. The van der Waals surface area contributed by atoms with Crippen LogP contribution in [-0.2, 0) is 26.2 Å². The normalized spacial score (nSPS) is 12.1. The molecule has 0 aliphatic rings. The van der Waals surface area contributed by atoms with E-state index >= 15 is 0 Å². The first-order chi connectivity index (χ1) is 18.0. The lowest BCUT2D eigenvalue weighted by molar-refractivity contribution is -0.139. The minimum atomic E-state index is -4.14. The number of amides is 2. The lowest BCUT2D eigenvalue weighted by atomic mass is 10.1. The molecule has 2 amide bonds. The summed E-state index contributed by atoms with van der Waals surface area (Å²) in [5.74, 6) is -0.388. The molecule has 1 N–H and O–H groups in total. The summed E-state index contributed by atoms with van der Waals surface area (Å²) >= 11 is 6.15. The van der Waals surface area contributed by atoms with Gasteiger partial charge in [-0.25, -0.2) is 8.42 Å². The lowest BCUT2D eigenvalue weighted by Crippen LogP contribution is -2.52. The number of carbonyl (C=O) groups is 2. The highest BCUT2D eigenvalue weighted by Crippen LogP contribution is 2.26. The molecule has 1 unspecified atom stereocenters. The molecule has 8 nitrogen and oxygen atoms in total. The van der Waals surface area contributed by atoms with Crippen LogP contribution >= 0.6 is 11.6 Å². The molecule has 202 valence electrons. The van der Waals surface area contributed by atoms with Gasteiger partial charge < -0.3 is 15.0 Å². The van der Waals surface area contributed by atoms with Crippen LogP contribution in [0.3, 0.4) is 0 Å². The van der Waals surface area contributed by atoms with Crippen LogP contribution in [0, 0.1) is 0 Å². The van der Waals surface area contributed by atoms with Crippen molar-refractivity contribution in [1.82, 2.24) is 10.2 Å². The Balaban J connectivity index is 2.00. The van der Waals surface area contributed by atoms with Gasteiger partial charge in [0.1, 0.15) is 18.3 Å². The number of halogens is 1. The highest BCUT2D eigenvalue weighted by molar-refractivity contribution is 7.92. The Morgan fingerprint density at radius 2 is 1.61 bits per heavy atom. The Kier molecular flexibility index (Phi) is 9.77. The van der Waals surface area contributed by atoms with Crippen LogP contribution in [-0.4, -0.2) is 50.9 Å². The summed E-state index contributed by atoms with van der Waals surface area (Å²) in [5, 5.41) is 3.31. The summed E-state index contributed by atoms with van der Waals surface area (Å²) in [6.45, 7) is 4.82. The molecule has 0 radical (unpaired) electrons. The molecular formula is C28H32ClN3O5S. The number of hydrogen-bond acceptors (Lipinski definition) is 5. The molecule has 0 fully saturated rings. The molecule has 3 rings (SSSR count). The summed E-state index contributed by atoms with van der Waals surface area (Å²) in [6.07, 6.45) is 0. The largest absolute Gasteiger partial charge is 0.497 e. The van der Waals surface area contributed by atoms with Gasteiger partial charge in [0.2, 0.25) is 11.8 Å². The van der Waals surface area contributed by atoms with Crippen molar-refractivity contribution in [2.24, 2.45) is 0 Å². The maximum absolute atomic E-state index is 13.8. The zero-order chi connectivity index (χ0) is 27.9.